The van der Waals surface area contributed by atoms with Crippen LogP contribution in [0.15, 0.2) is 0 Å². The molecule has 0 aromatic carbocycles. The van der Waals surface area contributed by atoms with Crippen LogP contribution in [-0.2, 0) is 4.79 Å². The van der Waals surface area contributed by atoms with E-state index in [-0.39, 0.29) is 18.0 Å². The van der Waals surface area contributed by atoms with Gasteiger partial charge in [0.15, 0.2) is 0 Å². The molecule has 1 aliphatic heterocycles. The summed E-state index contributed by atoms with van der Waals surface area (Å²) in [5, 5.41) is 11.7. The number of carbonyl (C=O) groups is 1. The highest BCUT2D eigenvalue weighted by atomic mass is 16.2. The summed E-state index contributed by atoms with van der Waals surface area (Å²) in [5.41, 5.74) is 0. The van der Waals surface area contributed by atoms with Gasteiger partial charge in [-0.2, -0.15) is 5.26 Å². The van der Waals surface area contributed by atoms with E-state index in [2.05, 4.69) is 23.2 Å². The van der Waals surface area contributed by atoms with Crippen molar-refractivity contribution in [1.29, 1.82) is 5.26 Å². The van der Waals surface area contributed by atoms with E-state index in [0.29, 0.717) is 6.42 Å². The average molecular weight is 209 g/mol. The zero-order chi connectivity index (χ0) is 11.3. The van der Waals surface area contributed by atoms with Crippen LogP contribution >= 0.6 is 0 Å². The summed E-state index contributed by atoms with van der Waals surface area (Å²) in [6.45, 7) is 5.90. The van der Waals surface area contributed by atoms with Gasteiger partial charge in [-0.3, -0.25) is 9.69 Å². The molecule has 0 aromatic rings. The SMILES string of the molecule is CCCN1CCC(C)NC(=O)C1CC#N. The lowest BCUT2D eigenvalue weighted by Crippen LogP contribution is -2.45. The molecule has 1 N–H and O–H groups in total. The molecule has 1 amide bonds. The van der Waals surface area contributed by atoms with Crippen LogP contribution in [-0.4, -0.2) is 36.0 Å². The molecule has 2 atom stereocenters. The van der Waals surface area contributed by atoms with Crippen molar-refractivity contribution in [3.63, 3.8) is 0 Å². The summed E-state index contributed by atoms with van der Waals surface area (Å²) in [5.74, 6) is 0.00926. The van der Waals surface area contributed by atoms with Gasteiger partial charge in [0, 0.05) is 12.6 Å². The van der Waals surface area contributed by atoms with E-state index in [1.165, 1.54) is 0 Å². The summed E-state index contributed by atoms with van der Waals surface area (Å²) in [6, 6.07) is 2.07. The number of carbonyl (C=O) groups excluding carboxylic acids is 1. The van der Waals surface area contributed by atoms with Crippen LogP contribution in [0.2, 0.25) is 0 Å². The maximum absolute atomic E-state index is 11.8. The molecule has 0 aromatic heterocycles. The van der Waals surface area contributed by atoms with E-state index >= 15 is 0 Å². The maximum Gasteiger partial charge on any atom is 0.238 e. The molecule has 1 fully saturated rings. The van der Waals surface area contributed by atoms with Crippen LogP contribution < -0.4 is 5.32 Å². The number of hydrogen-bond donors (Lipinski definition) is 1. The smallest absolute Gasteiger partial charge is 0.238 e. The minimum atomic E-state index is -0.250. The number of nitrogens with one attached hydrogen (secondary N) is 1. The summed E-state index contributed by atoms with van der Waals surface area (Å²) in [7, 11) is 0. The van der Waals surface area contributed by atoms with Crippen LogP contribution in [0.5, 0.6) is 0 Å². The highest BCUT2D eigenvalue weighted by molar-refractivity contribution is 5.82. The highest BCUT2D eigenvalue weighted by Crippen LogP contribution is 2.12. The van der Waals surface area contributed by atoms with Gasteiger partial charge in [-0.25, -0.2) is 0 Å². The molecule has 1 rings (SSSR count). The monoisotopic (exact) mass is 209 g/mol. The topological polar surface area (TPSA) is 56.1 Å². The van der Waals surface area contributed by atoms with Crippen molar-refractivity contribution in [2.75, 3.05) is 13.1 Å². The Morgan fingerprint density at radius 1 is 1.67 bits per heavy atom. The lowest BCUT2D eigenvalue weighted by atomic mass is 10.1. The second kappa shape index (κ2) is 5.72. The normalized spacial score (nSPS) is 27.9. The Hall–Kier alpha value is -1.08. The van der Waals surface area contributed by atoms with E-state index in [1.807, 2.05) is 6.92 Å². The summed E-state index contributed by atoms with van der Waals surface area (Å²) in [4.78, 5) is 13.9. The van der Waals surface area contributed by atoms with E-state index in [1.54, 1.807) is 0 Å². The Bertz CT molecular complexity index is 259. The Morgan fingerprint density at radius 2 is 2.40 bits per heavy atom. The van der Waals surface area contributed by atoms with Gasteiger partial charge >= 0.3 is 0 Å². The van der Waals surface area contributed by atoms with Crippen molar-refractivity contribution >= 4 is 5.91 Å². The van der Waals surface area contributed by atoms with E-state index in [4.69, 9.17) is 5.26 Å². The lowest BCUT2D eigenvalue weighted by molar-refractivity contribution is -0.125. The van der Waals surface area contributed by atoms with Gasteiger partial charge in [0.2, 0.25) is 5.91 Å². The van der Waals surface area contributed by atoms with Crippen LogP contribution in [0, 0.1) is 11.3 Å². The standard InChI is InChI=1S/C11H19N3O/c1-3-7-14-8-5-9(2)13-11(15)10(14)4-6-12/h9-10H,3-5,7-8H2,1-2H3,(H,13,15). The summed E-state index contributed by atoms with van der Waals surface area (Å²) >= 11 is 0. The summed E-state index contributed by atoms with van der Waals surface area (Å²) in [6.07, 6.45) is 2.27. The molecule has 0 radical (unpaired) electrons. The first-order valence-electron chi connectivity index (χ1n) is 5.60. The fraction of sp³-hybridized carbons (Fsp3) is 0.818. The second-order valence-corrected chi connectivity index (χ2v) is 4.11. The second-order valence-electron chi connectivity index (χ2n) is 4.11. The van der Waals surface area contributed by atoms with Gasteiger partial charge in [0.1, 0.15) is 6.04 Å². The van der Waals surface area contributed by atoms with E-state index in [9.17, 15) is 4.79 Å². The van der Waals surface area contributed by atoms with Gasteiger partial charge in [0.25, 0.3) is 0 Å². The minimum absolute atomic E-state index is 0.00926. The quantitative estimate of drug-likeness (QED) is 0.751. The van der Waals surface area contributed by atoms with Crippen molar-refractivity contribution in [2.45, 2.75) is 45.2 Å². The molecule has 0 aliphatic carbocycles. The van der Waals surface area contributed by atoms with Crippen LogP contribution in [0.1, 0.15) is 33.1 Å². The maximum atomic E-state index is 11.8. The first-order chi connectivity index (χ1) is 7.19. The van der Waals surface area contributed by atoms with Crippen molar-refractivity contribution in [3.8, 4) is 6.07 Å². The number of hydrogen-bond acceptors (Lipinski definition) is 3. The third-order valence-corrected chi connectivity index (χ3v) is 2.78. The average Bonchev–Trinajstić information content (AvgIpc) is 2.31. The summed E-state index contributed by atoms with van der Waals surface area (Å²) < 4.78 is 0. The number of amides is 1. The Morgan fingerprint density at radius 3 is 3.00 bits per heavy atom. The van der Waals surface area contributed by atoms with Crippen LogP contribution in [0.25, 0.3) is 0 Å². The Kier molecular flexibility index (Phi) is 4.57. The van der Waals surface area contributed by atoms with Gasteiger partial charge in [-0.15, -0.1) is 0 Å². The molecular weight excluding hydrogens is 190 g/mol. The Labute approximate surface area is 91.2 Å². The van der Waals surface area contributed by atoms with Crippen molar-refractivity contribution in [2.24, 2.45) is 0 Å². The highest BCUT2D eigenvalue weighted by Gasteiger charge is 2.29. The van der Waals surface area contributed by atoms with Gasteiger partial charge in [-0.1, -0.05) is 6.92 Å². The molecule has 1 heterocycles. The van der Waals surface area contributed by atoms with Crippen LogP contribution in [0.3, 0.4) is 0 Å². The van der Waals surface area contributed by atoms with Gasteiger partial charge in [0.05, 0.1) is 12.5 Å². The molecule has 1 saturated heterocycles. The predicted molar refractivity (Wildman–Crippen MR) is 58.1 cm³/mol. The molecule has 4 heteroatoms. The zero-order valence-electron chi connectivity index (χ0n) is 9.49. The van der Waals surface area contributed by atoms with E-state index in [0.717, 1.165) is 25.9 Å². The lowest BCUT2D eigenvalue weighted by Gasteiger charge is -2.25. The third-order valence-electron chi connectivity index (χ3n) is 2.78. The minimum Gasteiger partial charge on any atom is -0.352 e. The van der Waals surface area contributed by atoms with Crippen molar-refractivity contribution in [3.05, 3.63) is 0 Å². The molecule has 2 unspecified atom stereocenters. The molecule has 0 spiro atoms. The molecule has 4 nitrogen and oxygen atoms in total. The first-order valence-corrected chi connectivity index (χ1v) is 5.60. The fourth-order valence-corrected chi connectivity index (χ4v) is 1.96. The Balaban J connectivity index is 2.72. The molecular formula is C11H19N3O. The van der Waals surface area contributed by atoms with Crippen LogP contribution in [0.4, 0.5) is 0 Å². The number of nitriles is 1. The largest absolute Gasteiger partial charge is 0.352 e. The fourth-order valence-electron chi connectivity index (χ4n) is 1.96. The first kappa shape index (κ1) is 12.0. The van der Waals surface area contributed by atoms with Crippen molar-refractivity contribution < 1.29 is 4.79 Å². The van der Waals surface area contributed by atoms with Gasteiger partial charge < -0.3 is 5.32 Å². The zero-order valence-corrected chi connectivity index (χ0v) is 9.49. The number of nitrogens with zero attached hydrogens (tertiary/aromatic N) is 2. The van der Waals surface area contributed by atoms with Gasteiger partial charge in [-0.05, 0) is 26.3 Å². The van der Waals surface area contributed by atoms with Crippen molar-refractivity contribution in [1.82, 2.24) is 10.2 Å². The van der Waals surface area contributed by atoms with E-state index < -0.39 is 0 Å². The molecule has 0 bridgehead atoms. The predicted octanol–water partition coefficient (Wildman–Crippen LogP) is 0.889. The molecule has 15 heavy (non-hydrogen) atoms. The third kappa shape index (κ3) is 3.21. The molecule has 1 aliphatic rings. The number of rotatable bonds is 3. The molecule has 84 valence electrons. The molecule has 0 saturated carbocycles.